The summed E-state index contributed by atoms with van der Waals surface area (Å²) in [6.07, 6.45) is 6.94. The molecule has 3 atom stereocenters. The molecule has 3 aliphatic rings. The summed E-state index contributed by atoms with van der Waals surface area (Å²) in [4.78, 5) is 13.4. The summed E-state index contributed by atoms with van der Waals surface area (Å²) in [5.74, 6) is -0.547. The lowest BCUT2D eigenvalue weighted by atomic mass is 9.86. The largest absolute Gasteiger partial charge is 1.00 e. The number of carbonyl (C=O) groups is 1. The van der Waals surface area contributed by atoms with Crippen molar-refractivity contribution in [2.45, 2.75) is 62.3 Å². The molecule has 2 bridgehead atoms. The molecule has 0 amide bonds. The number of piperidine rings is 1. The second-order valence-electron chi connectivity index (χ2n) is 9.08. The van der Waals surface area contributed by atoms with E-state index in [1.54, 1.807) is 24.3 Å². The normalized spacial score (nSPS) is 26.9. The van der Waals surface area contributed by atoms with E-state index in [1.165, 1.54) is 43.3 Å². The third kappa shape index (κ3) is 3.35. The Bertz CT molecular complexity index is 811. The van der Waals surface area contributed by atoms with E-state index in [-0.39, 0.29) is 18.5 Å². The predicted molar refractivity (Wildman–Crippen MR) is 111 cm³/mol. The maximum atomic E-state index is 13.4. The molecule has 0 radical (unpaired) electrons. The number of quaternary nitrogens is 1. The van der Waals surface area contributed by atoms with Crippen molar-refractivity contribution in [3.05, 3.63) is 71.8 Å². The van der Waals surface area contributed by atoms with Crippen LogP contribution in [0.25, 0.3) is 0 Å². The minimum Gasteiger partial charge on any atom is -1.00 e. The number of hydrogen-bond acceptors (Lipinski definition) is 3. The molecule has 160 valence electrons. The van der Waals surface area contributed by atoms with Gasteiger partial charge in [-0.2, -0.15) is 0 Å². The fraction of sp³-hybridized carbons (Fsp3) is 0.480. The SMILES string of the molecule is O=C(OC1CC2CC[C@@H](C1)[N+]21CCCC1)C(O)(c1ccccc1)c1ccccc1.[Cl-]. The molecule has 2 unspecified atom stereocenters. The van der Waals surface area contributed by atoms with Crippen LogP contribution in [0.3, 0.4) is 0 Å². The Hall–Kier alpha value is -1.88. The Kier molecular flexibility index (Phi) is 5.93. The first-order valence-corrected chi connectivity index (χ1v) is 11.0. The minimum absolute atomic E-state index is 0. The number of aliphatic hydroxyl groups is 1. The summed E-state index contributed by atoms with van der Waals surface area (Å²) in [6.45, 7) is 2.60. The maximum absolute atomic E-state index is 13.4. The van der Waals surface area contributed by atoms with Gasteiger partial charge in [0, 0.05) is 38.5 Å². The molecule has 3 fully saturated rings. The molecule has 1 N–H and O–H groups in total. The number of ether oxygens (including phenoxy) is 1. The molecule has 3 aliphatic heterocycles. The van der Waals surface area contributed by atoms with Gasteiger partial charge >= 0.3 is 5.97 Å². The van der Waals surface area contributed by atoms with E-state index in [4.69, 9.17) is 4.74 Å². The zero-order chi connectivity index (χ0) is 19.9. The number of halogens is 1. The van der Waals surface area contributed by atoms with Crippen LogP contribution in [0, 0.1) is 0 Å². The number of rotatable bonds is 4. The summed E-state index contributed by atoms with van der Waals surface area (Å²) in [5, 5.41) is 11.6. The Labute approximate surface area is 184 Å². The lowest BCUT2D eigenvalue weighted by molar-refractivity contribution is -0.956. The van der Waals surface area contributed by atoms with Crippen LogP contribution in [-0.4, -0.2) is 46.8 Å². The molecule has 4 nitrogen and oxygen atoms in total. The summed E-state index contributed by atoms with van der Waals surface area (Å²) < 4.78 is 7.32. The quantitative estimate of drug-likeness (QED) is 0.579. The molecule has 2 aromatic rings. The number of benzene rings is 2. The topological polar surface area (TPSA) is 46.5 Å². The molecule has 3 heterocycles. The van der Waals surface area contributed by atoms with E-state index in [1.807, 2.05) is 36.4 Å². The first kappa shape index (κ1) is 21.4. The predicted octanol–water partition coefficient (Wildman–Crippen LogP) is 0.774. The zero-order valence-corrected chi connectivity index (χ0v) is 18.0. The first-order chi connectivity index (χ1) is 14.1. The van der Waals surface area contributed by atoms with Crippen LogP contribution in [0.5, 0.6) is 0 Å². The van der Waals surface area contributed by atoms with Crippen molar-refractivity contribution >= 4 is 5.97 Å². The fourth-order valence-corrected chi connectivity index (χ4v) is 6.30. The van der Waals surface area contributed by atoms with Crippen molar-refractivity contribution < 1.29 is 31.5 Å². The third-order valence-electron chi connectivity index (χ3n) is 7.71. The highest BCUT2D eigenvalue weighted by atomic mass is 35.5. The number of carbonyl (C=O) groups excluding carboxylic acids is 1. The van der Waals surface area contributed by atoms with Crippen molar-refractivity contribution in [1.29, 1.82) is 0 Å². The minimum atomic E-state index is -1.78. The van der Waals surface area contributed by atoms with Gasteiger partial charge in [-0.3, -0.25) is 0 Å². The van der Waals surface area contributed by atoms with Gasteiger partial charge < -0.3 is 26.7 Å². The zero-order valence-electron chi connectivity index (χ0n) is 17.3. The van der Waals surface area contributed by atoms with Gasteiger partial charge in [0.1, 0.15) is 6.10 Å². The van der Waals surface area contributed by atoms with Gasteiger partial charge in [-0.05, 0) is 11.1 Å². The third-order valence-corrected chi connectivity index (χ3v) is 7.71. The van der Waals surface area contributed by atoms with Crippen LogP contribution >= 0.6 is 0 Å². The molecular weight excluding hydrogens is 398 g/mol. The summed E-state index contributed by atoms with van der Waals surface area (Å²) in [5.41, 5.74) is -0.671. The average Bonchev–Trinajstić information content (AvgIpc) is 3.31. The number of hydrogen-bond donors (Lipinski definition) is 1. The summed E-state index contributed by atoms with van der Waals surface area (Å²) in [7, 11) is 0. The van der Waals surface area contributed by atoms with Crippen LogP contribution in [-0.2, 0) is 15.1 Å². The van der Waals surface area contributed by atoms with Crippen LogP contribution in [0.15, 0.2) is 60.7 Å². The van der Waals surface area contributed by atoms with Gasteiger partial charge in [0.2, 0.25) is 5.60 Å². The highest BCUT2D eigenvalue weighted by Crippen LogP contribution is 2.46. The highest BCUT2D eigenvalue weighted by molar-refractivity contribution is 5.85. The Balaban J connectivity index is 0.00000218. The molecule has 0 aliphatic carbocycles. The highest BCUT2D eigenvalue weighted by Gasteiger charge is 2.56. The van der Waals surface area contributed by atoms with Crippen molar-refractivity contribution in [3.8, 4) is 0 Å². The monoisotopic (exact) mass is 427 g/mol. The molecule has 5 rings (SSSR count). The molecule has 3 saturated heterocycles. The Morgan fingerprint density at radius 3 is 1.80 bits per heavy atom. The van der Waals surface area contributed by atoms with Crippen LogP contribution < -0.4 is 12.4 Å². The molecule has 30 heavy (non-hydrogen) atoms. The van der Waals surface area contributed by atoms with Crippen molar-refractivity contribution in [3.63, 3.8) is 0 Å². The first-order valence-electron chi connectivity index (χ1n) is 11.0. The van der Waals surface area contributed by atoms with E-state index < -0.39 is 11.6 Å². The Morgan fingerprint density at radius 1 is 0.867 bits per heavy atom. The van der Waals surface area contributed by atoms with Gasteiger partial charge in [-0.1, -0.05) is 60.7 Å². The summed E-state index contributed by atoms with van der Waals surface area (Å²) in [6, 6.07) is 19.6. The van der Waals surface area contributed by atoms with Crippen molar-refractivity contribution in [1.82, 2.24) is 0 Å². The molecule has 0 saturated carbocycles. The van der Waals surface area contributed by atoms with E-state index in [0.717, 1.165) is 12.8 Å². The van der Waals surface area contributed by atoms with Crippen LogP contribution in [0.2, 0.25) is 0 Å². The molecule has 2 aromatic carbocycles. The smallest absolute Gasteiger partial charge is 0.347 e. The van der Waals surface area contributed by atoms with Gasteiger partial charge in [0.05, 0.1) is 25.2 Å². The second-order valence-corrected chi connectivity index (χ2v) is 9.08. The average molecular weight is 428 g/mol. The lowest BCUT2D eigenvalue weighted by Crippen LogP contribution is -3.00. The van der Waals surface area contributed by atoms with E-state index in [9.17, 15) is 9.90 Å². The molecule has 1 spiro atoms. The van der Waals surface area contributed by atoms with Crippen LogP contribution in [0.4, 0.5) is 0 Å². The second kappa shape index (κ2) is 8.33. The van der Waals surface area contributed by atoms with E-state index >= 15 is 0 Å². The van der Waals surface area contributed by atoms with E-state index in [0.29, 0.717) is 23.2 Å². The van der Waals surface area contributed by atoms with Gasteiger partial charge in [0.15, 0.2) is 0 Å². The maximum Gasteiger partial charge on any atom is 0.347 e. The van der Waals surface area contributed by atoms with Crippen molar-refractivity contribution in [2.24, 2.45) is 0 Å². The Morgan fingerprint density at radius 2 is 1.33 bits per heavy atom. The van der Waals surface area contributed by atoms with Gasteiger partial charge in [0.25, 0.3) is 0 Å². The van der Waals surface area contributed by atoms with Crippen molar-refractivity contribution in [2.75, 3.05) is 13.1 Å². The van der Waals surface area contributed by atoms with E-state index in [2.05, 4.69) is 0 Å². The van der Waals surface area contributed by atoms with Crippen LogP contribution in [0.1, 0.15) is 49.7 Å². The standard InChI is InChI=1S/C25H30NO3.ClH/c27-24(25(28,19-9-3-1-4-10-19)20-11-5-2-6-12-20)29-23-17-21-13-14-22(18-23)26(21)15-7-8-16-26;/h1-6,9-12,21-23,28H,7-8,13-18H2;1H/q+1;/p-1/t21-,22?,23?;/m0./s1. The molecule has 5 heteroatoms. The number of nitrogens with zero attached hydrogens (tertiary/aromatic N) is 1. The fourth-order valence-electron chi connectivity index (χ4n) is 6.30. The lowest BCUT2D eigenvalue weighted by Gasteiger charge is -2.47. The molecule has 0 aromatic heterocycles. The van der Waals surface area contributed by atoms with Gasteiger partial charge in [-0.25, -0.2) is 4.79 Å². The molecular formula is C25H30ClNO3. The number of esters is 1. The van der Waals surface area contributed by atoms with Gasteiger partial charge in [-0.15, -0.1) is 0 Å². The summed E-state index contributed by atoms with van der Waals surface area (Å²) >= 11 is 0.